The molecule has 0 amide bonds. The van der Waals surface area contributed by atoms with Gasteiger partial charge >= 0.3 is 6.18 Å². The van der Waals surface area contributed by atoms with Gasteiger partial charge in [0.15, 0.2) is 11.3 Å². The van der Waals surface area contributed by atoms with Gasteiger partial charge in [-0.05, 0) is 25.0 Å². The van der Waals surface area contributed by atoms with Crippen LogP contribution in [0.1, 0.15) is 43.9 Å². The summed E-state index contributed by atoms with van der Waals surface area (Å²) in [7, 11) is 0. The van der Waals surface area contributed by atoms with Crippen molar-refractivity contribution in [3.05, 3.63) is 64.3 Å². The summed E-state index contributed by atoms with van der Waals surface area (Å²) >= 11 is 0. The van der Waals surface area contributed by atoms with Crippen molar-refractivity contribution in [3.63, 3.8) is 0 Å². The van der Waals surface area contributed by atoms with Crippen LogP contribution < -0.4 is 16.2 Å². The van der Waals surface area contributed by atoms with E-state index in [0.29, 0.717) is 17.8 Å². The van der Waals surface area contributed by atoms with Crippen LogP contribution in [-0.4, -0.2) is 41.9 Å². The topological polar surface area (TPSA) is 137 Å². The number of H-pyrrole nitrogens is 1. The predicted molar refractivity (Wildman–Crippen MR) is 116 cm³/mol. The zero-order valence-electron chi connectivity index (χ0n) is 18.1. The number of allylic oxidation sites excluding steroid dienone is 2. The van der Waals surface area contributed by atoms with E-state index in [4.69, 9.17) is 0 Å². The lowest BCUT2D eigenvalue weighted by molar-refractivity contribution is -0.142. The van der Waals surface area contributed by atoms with Crippen LogP contribution in [0.3, 0.4) is 0 Å². The van der Waals surface area contributed by atoms with Gasteiger partial charge in [-0.1, -0.05) is 19.1 Å². The number of aromatic nitrogens is 6. The summed E-state index contributed by atoms with van der Waals surface area (Å²) in [6, 6.07) is 0.800. The molecule has 0 aromatic carbocycles. The number of hydrogen-bond acceptors (Lipinski definition) is 8. The highest BCUT2D eigenvalue weighted by atomic mass is 19.4. The molecule has 4 rings (SSSR count). The number of rotatable bonds is 6. The monoisotopic (exact) mass is 471 g/mol. The summed E-state index contributed by atoms with van der Waals surface area (Å²) in [5, 5.41) is 19.1. The minimum atomic E-state index is -4.43. The molecule has 4 heterocycles. The molecule has 3 atom stereocenters. The van der Waals surface area contributed by atoms with Crippen molar-refractivity contribution in [3.8, 4) is 6.07 Å². The van der Waals surface area contributed by atoms with Crippen molar-refractivity contribution in [2.75, 3.05) is 5.32 Å². The first-order valence-electron chi connectivity index (χ1n) is 10.4. The third-order valence-electron chi connectivity index (χ3n) is 5.40. The van der Waals surface area contributed by atoms with Crippen LogP contribution in [0.25, 0.3) is 11.0 Å². The summed E-state index contributed by atoms with van der Waals surface area (Å²) in [4.78, 5) is 28.3. The fourth-order valence-corrected chi connectivity index (χ4v) is 3.57. The van der Waals surface area contributed by atoms with Gasteiger partial charge in [0.1, 0.15) is 23.3 Å². The largest absolute Gasteiger partial charge is 0.412 e. The summed E-state index contributed by atoms with van der Waals surface area (Å²) in [5.41, 5.74) is -0.127. The fourth-order valence-electron chi connectivity index (χ4n) is 3.57. The van der Waals surface area contributed by atoms with E-state index in [0.717, 1.165) is 6.08 Å². The Hall–Kier alpha value is -4.21. The number of anilines is 1. The Bertz CT molecular complexity index is 1350. The Morgan fingerprint density at radius 2 is 2.06 bits per heavy atom. The third kappa shape index (κ3) is 4.34. The third-order valence-corrected chi connectivity index (χ3v) is 5.40. The molecule has 0 saturated carbocycles. The van der Waals surface area contributed by atoms with Gasteiger partial charge in [0, 0.05) is 18.6 Å². The van der Waals surface area contributed by atoms with Crippen LogP contribution in [0.5, 0.6) is 0 Å². The van der Waals surface area contributed by atoms with Crippen LogP contribution in [0, 0.1) is 11.3 Å². The standard InChI is InChI=1S/C21H20F3N9O/c1-3-13(17-26-7-4-8-27-17)29-20-30-18-16(19(34)31-20)14(9-25)32-33(18)11(2)12-5-6-15(28-10-12)21(22,23)24/h4-8,10-11,13,15,28H,3H2,1-2H3,(H2,29,30,31,34). The number of nitrogens with zero attached hydrogens (tertiary/aromatic N) is 6. The van der Waals surface area contributed by atoms with E-state index in [9.17, 15) is 23.2 Å². The summed E-state index contributed by atoms with van der Waals surface area (Å²) in [5.74, 6) is 0.633. The van der Waals surface area contributed by atoms with Crippen molar-refractivity contribution < 1.29 is 13.2 Å². The van der Waals surface area contributed by atoms with E-state index in [2.05, 4.69) is 35.7 Å². The van der Waals surface area contributed by atoms with Gasteiger partial charge < -0.3 is 10.6 Å². The second-order valence-electron chi connectivity index (χ2n) is 7.60. The van der Waals surface area contributed by atoms with Crippen LogP contribution in [0.4, 0.5) is 19.1 Å². The second kappa shape index (κ2) is 8.97. The maximum Gasteiger partial charge on any atom is 0.412 e. The van der Waals surface area contributed by atoms with Crippen LogP contribution >= 0.6 is 0 Å². The predicted octanol–water partition coefficient (Wildman–Crippen LogP) is 2.88. The molecule has 1 aliphatic heterocycles. The molecule has 3 unspecified atom stereocenters. The SMILES string of the molecule is CCC(Nc1nc2c(c(C#N)nn2C(C)C2=CNC(C(F)(F)F)C=C2)c(=O)[nH]1)c1ncccn1. The van der Waals surface area contributed by atoms with E-state index in [1.807, 2.05) is 13.0 Å². The Morgan fingerprint density at radius 3 is 2.65 bits per heavy atom. The quantitative estimate of drug-likeness (QED) is 0.499. The number of alkyl halides is 3. The Kier molecular flexibility index (Phi) is 6.06. The van der Waals surface area contributed by atoms with Crippen molar-refractivity contribution in [2.45, 2.75) is 44.6 Å². The molecule has 176 valence electrons. The van der Waals surface area contributed by atoms with Gasteiger partial charge in [-0.15, -0.1) is 0 Å². The van der Waals surface area contributed by atoms with Crippen molar-refractivity contribution in [1.82, 2.24) is 35.0 Å². The number of nitriles is 1. The average Bonchev–Trinajstić information content (AvgIpc) is 3.21. The smallest absolute Gasteiger partial charge is 0.377 e. The molecule has 0 bridgehead atoms. The maximum atomic E-state index is 12.9. The van der Waals surface area contributed by atoms with Crippen LogP contribution in [0.15, 0.2) is 47.2 Å². The number of fused-ring (bicyclic) bond motifs is 1. The summed E-state index contributed by atoms with van der Waals surface area (Å²) < 4.78 is 40.1. The van der Waals surface area contributed by atoms with E-state index >= 15 is 0 Å². The van der Waals surface area contributed by atoms with Gasteiger partial charge in [-0.2, -0.15) is 28.5 Å². The summed E-state index contributed by atoms with van der Waals surface area (Å²) in [6.45, 7) is 3.59. The van der Waals surface area contributed by atoms with Crippen LogP contribution in [0.2, 0.25) is 0 Å². The number of hydrogen-bond donors (Lipinski definition) is 3. The van der Waals surface area contributed by atoms with Gasteiger partial charge in [-0.25, -0.2) is 14.6 Å². The Morgan fingerprint density at radius 1 is 1.32 bits per heavy atom. The fraction of sp³-hybridized carbons (Fsp3) is 0.333. The molecule has 3 aromatic rings. The highest BCUT2D eigenvalue weighted by Crippen LogP contribution is 2.28. The van der Waals surface area contributed by atoms with E-state index in [1.54, 1.807) is 25.4 Å². The molecule has 0 radical (unpaired) electrons. The Balaban J connectivity index is 1.72. The minimum Gasteiger partial charge on any atom is -0.377 e. The van der Waals surface area contributed by atoms with Crippen molar-refractivity contribution in [2.24, 2.45) is 0 Å². The van der Waals surface area contributed by atoms with Gasteiger partial charge in [-0.3, -0.25) is 9.78 Å². The van der Waals surface area contributed by atoms with Gasteiger partial charge in [0.25, 0.3) is 5.56 Å². The number of dihydropyridines is 1. The first kappa shape index (κ1) is 23.0. The van der Waals surface area contributed by atoms with Gasteiger partial charge in [0.2, 0.25) is 5.95 Å². The van der Waals surface area contributed by atoms with E-state index in [-0.39, 0.29) is 28.7 Å². The van der Waals surface area contributed by atoms with Crippen molar-refractivity contribution >= 4 is 17.0 Å². The lowest BCUT2D eigenvalue weighted by Gasteiger charge is -2.24. The van der Waals surface area contributed by atoms with E-state index < -0.39 is 23.8 Å². The lowest BCUT2D eigenvalue weighted by Crippen LogP contribution is -2.39. The summed E-state index contributed by atoms with van der Waals surface area (Å²) in [6.07, 6.45) is 2.95. The average molecular weight is 471 g/mol. The molecule has 1 aliphatic rings. The first-order chi connectivity index (χ1) is 16.2. The first-order valence-corrected chi connectivity index (χ1v) is 10.4. The number of nitrogens with one attached hydrogen (secondary N) is 3. The Labute approximate surface area is 191 Å². The minimum absolute atomic E-state index is 0.00886. The molecular formula is C21H20F3N9O. The molecule has 0 fully saturated rings. The molecule has 0 spiro atoms. The molecule has 0 aliphatic carbocycles. The highest BCUT2D eigenvalue weighted by Gasteiger charge is 2.38. The maximum absolute atomic E-state index is 12.9. The second-order valence-corrected chi connectivity index (χ2v) is 7.60. The number of halogens is 3. The lowest BCUT2D eigenvalue weighted by atomic mass is 10.1. The zero-order chi connectivity index (χ0) is 24.5. The molecule has 10 nitrogen and oxygen atoms in total. The molecule has 3 N–H and O–H groups in total. The van der Waals surface area contributed by atoms with Gasteiger partial charge in [0.05, 0.1) is 12.1 Å². The molecule has 3 aromatic heterocycles. The molecule has 0 saturated heterocycles. The number of aromatic amines is 1. The van der Waals surface area contributed by atoms with Crippen LogP contribution in [-0.2, 0) is 0 Å². The molecule has 13 heteroatoms. The van der Waals surface area contributed by atoms with E-state index in [1.165, 1.54) is 17.0 Å². The highest BCUT2D eigenvalue weighted by molar-refractivity contribution is 5.81. The van der Waals surface area contributed by atoms with Crippen molar-refractivity contribution in [1.29, 1.82) is 5.26 Å². The normalized spacial score (nSPS) is 17.5. The molecular weight excluding hydrogens is 451 g/mol. The zero-order valence-corrected chi connectivity index (χ0v) is 18.1. The molecule has 34 heavy (non-hydrogen) atoms.